The SMILES string of the molecule is NCCCCCCCNC(=O)c1ccc(OC(F)(F)F)cc1. The highest BCUT2D eigenvalue weighted by molar-refractivity contribution is 5.94. The van der Waals surface area contributed by atoms with Crippen molar-refractivity contribution in [3.63, 3.8) is 0 Å². The van der Waals surface area contributed by atoms with E-state index in [0.29, 0.717) is 18.7 Å². The quantitative estimate of drug-likeness (QED) is 0.687. The Kier molecular flexibility index (Phi) is 7.73. The molecule has 0 fully saturated rings. The van der Waals surface area contributed by atoms with Crippen LogP contribution in [0.4, 0.5) is 13.2 Å². The number of nitrogens with one attached hydrogen (secondary N) is 1. The van der Waals surface area contributed by atoms with Gasteiger partial charge in [-0.25, -0.2) is 0 Å². The molecule has 1 aromatic carbocycles. The third-order valence-corrected chi connectivity index (χ3v) is 3.02. The summed E-state index contributed by atoms with van der Waals surface area (Å²) in [5.41, 5.74) is 5.69. The maximum Gasteiger partial charge on any atom is 0.573 e. The number of carbonyl (C=O) groups excluding carboxylic acids is 1. The van der Waals surface area contributed by atoms with E-state index in [1.807, 2.05) is 0 Å². The lowest BCUT2D eigenvalue weighted by Crippen LogP contribution is -2.24. The van der Waals surface area contributed by atoms with Crippen molar-refractivity contribution < 1.29 is 22.7 Å². The lowest BCUT2D eigenvalue weighted by atomic mass is 10.1. The number of hydrogen-bond donors (Lipinski definition) is 2. The normalized spacial score (nSPS) is 11.3. The average molecular weight is 318 g/mol. The number of rotatable bonds is 9. The summed E-state index contributed by atoms with van der Waals surface area (Å²) in [5.74, 6) is -0.649. The molecule has 4 nitrogen and oxygen atoms in total. The number of carbonyl (C=O) groups is 1. The first kappa shape index (κ1) is 18.3. The van der Waals surface area contributed by atoms with Crippen LogP contribution >= 0.6 is 0 Å². The van der Waals surface area contributed by atoms with Gasteiger partial charge in [-0.05, 0) is 43.7 Å². The zero-order chi connectivity index (χ0) is 16.4. The van der Waals surface area contributed by atoms with E-state index < -0.39 is 6.36 Å². The third kappa shape index (κ3) is 7.87. The molecule has 0 atom stereocenters. The Morgan fingerprint density at radius 3 is 2.23 bits per heavy atom. The summed E-state index contributed by atoms with van der Waals surface area (Å²) in [6.07, 6.45) is 0.332. The molecule has 22 heavy (non-hydrogen) atoms. The standard InChI is InChI=1S/C15H21F3N2O2/c16-15(17,18)22-13-8-6-12(7-9-13)14(21)20-11-5-3-1-2-4-10-19/h6-9H,1-5,10-11,19H2,(H,20,21). The minimum Gasteiger partial charge on any atom is -0.406 e. The minimum absolute atomic E-state index is 0.303. The molecule has 7 heteroatoms. The van der Waals surface area contributed by atoms with Crippen LogP contribution in [-0.2, 0) is 0 Å². The van der Waals surface area contributed by atoms with Gasteiger partial charge in [0.25, 0.3) is 5.91 Å². The molecule has 0 aliphatic rings. The lowest BCUT2D eigenvalue weighted by molar-refractivity contribution is -0.274. The lowest BCUT2D eigenvalue weighted by Gasteiger charge is -2.09. The molecular formula is C15H21F3N2O2. The number of unbranched alkanes of at least 4 members (excludes halogenated alkanes) is 4. The van der Waals surface area contributed by atoms with Gasteiger partial charge in [0.1, 0.15) is 5.75 Å². The smallest absolute Gasteiger partial charge is 0.406 e. The van der Waals surface area contributed by atoms with Crippen LogP contribution in [0.25, 0.3) is 0 Å². The number of halogens is 3. The van der Waals surface area contributed by atoms with E-state index >= 15 is 0 Å². The topological polar surface area (TPSA) is 64.3 Å². The van der Waals surface area contributed by atoms with Crippen molar-refractivity contribution in [3.05, 3.63) is 29.8 Å². The average Bonchev–Trinajstić information content (AvgIpc) is 2.45. The maximum absolute atomic E-state index is 12.0. The molecule has 0 saturated heterocycles. The Hall–Kier alpha value is -1.76. The summed E-state index contributed by atoms with van der Waals surface area (Å²) in [6, 6.07) is 4.85. The molecule has 0 aliphatic carbocycles. The Balaban J connectivity index is 2.28. The van der Waals surface area contributed by atoms with Gasteiger partial charge in [-0.3, -0.25) is 4.79 Å². The van der Waals surface area contributed by atoms with Crippen LogP contribution in [0, 0.1) is 0 Å². The number of benzene rings is 1. The van der Waals surface area contributed by atoms with Gasteiger partial charge in [0.05, 0.1) is 0 Å². The summed E-state index contributed by atoms with van der Waals surface area (Å²) >= 11 is 0. The molecule has 0 heterocycles. The van der Waals surface area contributed by atoms with Crippen LogP contribution in [0.1, 0.15) is 42.5 Å². The molecule has 3 N–H and O–H groups in total. The van der Waals surface area contributed by atoms with Gasteiger partial charge in [-0.2, -0.15) is 0 Å². The fraction of sp³-hybridized carbons (Fsp3) is 0.533. The van der Waals surface area contributed by atoms with Crippen molar-refractivity contribution >= 4 is 5.91 Å². The fourth-order valence-electron chi connectivity index (χ4n) is 1.91. The van der Waals surface area contributed by atoms with Crippen molar-refractivity contribution in [1.29, 1.82) is 0 Å². The van der Waals surface area contributed by atoms with E-state index in [1.54, 1.807) is 0 Å². The zero-order valence-corrected chi connectivity index (χ0v) is 12.3. The molecule has 0 radical (unpaired) electrons. The molecule has 0 aromatic heterocycles. The third-order valence-electron chi connectivity index (χ3n) is 3.02. The summed E-state index contributed by atoms with van der Waals surface area (Å²) in [4.78, 5) is 11.8. The molecule has 0 spiro atoms. The first-order valence-electron chi connectivity index (χ1n) is 7.26. The van der Waals surface area contributed by atoms with Gasteiger partial charge in [-0.15, -0.1) is 13.2 Å². The summed E-state index contributed by atoms with van der Waals surface area (Å²) in [5, 5.41) is 2.73. The Labute approximate surface area is 127 Å². The highest BCUT2D eigenvalue weighted by Crippen LogP contribution is 2.22. The van der Waals surface area contributed by atoms with Gasteiger partial charge in [0.2, 0.25) is 0 Å². The highest BCUT2D eigenvalue weighted by atomic mass is 19.4. The number of nitrogens with two attached hydrogens (primary N) is 1. The van der Waals surface area contributed by atoms with Crippen LogP contribution in [0.15, 0.2) is 24.3 Å². The minimum atomic E-state index is -4.73. The summed E-state index contributed by atoms with van der Waals surface area (Å²) < 4.78 is 39.8. The number of hydrogen-bond acceptors (Lipinski definition) is 3. The first-order valence-corrected chi connectivity index (χ1v) is 7.26. The first-order chi connectivity index (χ1) is 10.4. The molecule has 0 saturated carbocycles. The monoisotopic (exact) mass is 318 g/mol. The molecule has 0 aliphatic heterocycles. The van der Waals surface area contributed by atoms with Crippen molar-refractivity contribution in [2.45, 2.75) is 38.5 Å². The number of amides is 1. The molecule has 0 unspecified atom stereocenters. The largest absolute Gasteiger partial charge is 0.573 e. The van der Waals surface area contributed by atoms with E-state index in [-0.39, 0.29) is 11.7 Å². The Bertz CT molecular complexity index is 447. The van der Waals surface area contributed by atoms with E-state index in [1.165, 1.54) is 12.1 Å². The second kappa shape index (κ2) is 9.30. The Morgan fingerprint density at radius 2 is 1.64 bits per heavy atom. The summed E-state index contributed by atoms with van der Waals surface area (Å²) in [7, 11) is 0. The van der Waals surface area contributed by atoms with Gasteiger partial charge in [0.15, 0.2) is 0 Å². The van der Waals surface area contributed by atoms with Crippen molar-refractivity contribution in [3.8, 4) is 5.75 Å². The van der Waals surface area contributed by atoms with E-state index in [0.717, 1.165) is 44.2 Å². The van der Waals surface area contributed by atoms with Crippen molar-refractivity contribution in [1.82, 2.24) is 5.32 Å². The van der Waals surface area contributed by atoms with Crippen molar-refractivity contribution in [2.75, 3.05) is 13.1 Å². The predicted octanol–water partition coefficient (Wildman–Crippen LogP) is 3.22. The van der Waals surface area contributed by atoms with Crippen LogP contribution in [0.5, 0.6) is 5.75 Å². The van der Waals surface area contributed by atoms with E-state index in [9.17, 15) is 18.0 Å². The predicted molar refractivity (Wildman–Crippen MR) is 77.6 cm³/mol. The molecular weight excluding hydrogens is 297 g/mol. The van der Waals surface area contributed by atoms with Gasteiger partial charge in [-0.1, -0.05) is 19.3 Å². The molecule has 1 amide bonds. The molecule has 0 bridgehead atoms. The van der Waals surface area contributed by atoms with Crippen LogP contribution in [-0.4, -0.2) is 25.4 Å². The number of alkyl halides is 3. The summed E-state index contributed by atoms with van der Waals surface area (Å²) in [6.45, 7) is 1.24. The maximum atomic E-state index is 12.0. The van der Waals surface area contributed by atoms with E-state index in [2.05, 4.69) is 10.1 Å². The van der Waals surface area contributed by atoms with Gasteiger partial charge in [0, 0.05) is 12.1 Å². The molecule has 1 rings (SSSR count). The highest BCUT2D eigenvalue weighted by Gasteiger charge is 2.31. The fourth-order valence-corrected chi connectivity index (χ4v) is 1.91. The van der Waals surface area contributed by atoms with E-state index in [4.69, 9.17) is 5.73 Å². The number of ether oxygens (including phenoxy) is 1. The second-order valence-corrected chi connectivity index (χ2v) is 4.88. The van der Waals surface area contributed by atoms with Crippen LogP contribution in [0.2, 0.25) is 0 Å². The van der Waals surface area contributed by atoms with Crippen LogP contribution < -0.4 is 15.8 Å². The molecule has 124 valence electrons. The molecule has 1 aromatic rings. The van der Waals surface area contributed by atoms with Crippen LogP contribution in [0.3, 0.4) is 0 Å². The van der Waals surface area contributed by atoms with Crippen molar-refractivity contribution in [2.24, 2.45) is 5.73 Å². The zero-order valence-electron chi connectivity index (χ0n) is 12.3. The van der Waals surface area contributed by atoms with Gasteiger partial charge < -0.3 is 15.8 Å². The Morgan fingerprint density at radius 1 is 1.05 bits per heavy atom. The van der Waals surface area contributed by atoms with Gasteiger partial charge >= 0.3 is 6.36 Å². The second-order valence-electron chi connectivity index (χ2n) is 4.88.